The topological polar surface area (TPSA) is 22.0 Å². The summed E-state index contributed by atoms with van der Waals surface area (Å²) in [7, 11) is 1.77. The van der Waals surface area contributed by atoms with Gasteiger partial charge in [-0.2, -0.15) is 0 Å². The molecule has 0 atom stereocenters. The van der Waals surface area contributed by atoms with E-state index in [0.717, 1.165) is 5.52 Å². The standard InChI is InChI=1S/C16H12FNO/c1-18-13-10-6-5-9-12(13)16(19)14(17)15(18)11-7-3-2-4-8-11/h2-10H,1H3. The maximum absolute atomic E-state index is 14.3. The molecule has 2 aromatic carbocycles. The average molecular weight is 253 g/mol. The van der Waals surface area contributed by atoms with Crippen molar-refractivity contribution >= 4 is 10.9 Å². The predicted molar refractivity (Wildman–Crippen MR) is 74.6 cm³/mol. The van der Waals surface area contributed by atoms with Crippen molar-refractivity contribution in [3.63, 3.8) is 0 Å². The first-order chi connectivity index (χ1) is 9.20. The quantitative estimate of drug-likeness (QED) is 0.652. The van der Waals surface area contributed by atoms with Crippen molar-refractivity contribution in [1.82, 2.24) is 4.57 Å². The van der Waals surface area contributed by atoms with Gasteiger partial charge in [0.15, 0.2) is 5.82 Å². The van der Waals surface area contributed by atoms with E-state index in [1.807, 2.05) is 30.3 Å². The van der Waals surface area contributed by atoms with Crippen molar-refractivity contribution in [3.05, 3.63) is 70.6 Å². The molecule has 0 aliphatic carbocycles. The molecule has 0 saturated carbocycles. The van der Waals surface area contributed by atoms with Crippen LogP contribution in [0.25, 0.3) is 22.2 Å². The number of benzene rings is 2. The summed E-state index contributed by atoms with van der Waals surface area (Å²) in [6.07, 6.45) is 0. The lowest BCUT2D eigenvalue weighted by Gasteiger charge is -2.13. The molecule has 3 aromatic rings. The first-order valence-electron chi connectivity index (χ1n) is 6.03. The van der Waals surface area contributed by atoms with Gasteiger partial charge in [0.25, 0.3) is 0 Å². The van der Waals surface area contributed by atoms with Gasteiger partial charge in [-0.3, -0.25) is 4.79 Å². The molecule has 94 valence electrons. The van der Waals surface area contributed by atoms with Gasteiger partial charge < -0.3 is 4.57 Å². The number of fused-ring (bicyclic) bond motifs is 1. The Labute approximate surface area is 109 Å². The van der Waals surface area contributed by atoms with Crippen molar-refractivity contribution in [3.8, 4) is 11.3 Å². The number of para-hydroxylation sites is 1. The molecule has 0 unspecified atom stereocenters. The summed E-state index contributed by atoms with van der Waals surface area (Å²) in [4.78, 5) is 12.1. The summed E-state index contributed by atoms with van der Waals surface area (Å²) in [5.41, 5.74) is 1.20. The van der Waals surface area contributed by atoms with Gasteiger partial charge in [0.2, 0.25) is 5.43 Å². The Morgan fingerprint density at radius 2 is 1.58 bits per heavy atom. The zero-order valence-corrected chi connectivity index (χ0v) is 10.4. The SMILES string of the molecule is Cn1c(-c2ccccc2)c(F)c(=O)c2ccccc21. The van der Waals surface area contributed by atoms with Crippen LogP contribution in [0.15, 0.2) is 59.4 Å². The van der Waals surface area contributed by atoms with E-state index in [9.17, 15) is 9.18 Å². The van der Waals surface area contributed by atoms with Gasteiger partial charge >= 0.3 is 0 Å². The fourth-order valence-corrected chi connectivity index (χ4v) is 2.37. The Bertz CT molecular complexity index is 806. The van der Waals surface area contributed by atoms with E-state index >= 15 is 0 Å². The maximum atomic E-state index is 14.3. The summed E-state index contributed by atoms with van der Waals surface area (Å²) in [5, 5.41) is 0.405. The third kappa shape index (κ3) is 1.74. The minimum atomic E-state index is -0.701. The van der Waals surface area contributed by atoms with Crippen LogP contribution in [0.3, 0.4) is 0 Å². The van der Waals surface area contributed by atoms with Gasteiger partial charge in [0, 0.05) is 18.0 Å². The van der Waals surface area contributed by atoms with Gasteiger partial charge in [-0.25, -0.2) is 4.39 Å². The van der Waals surface area contributed by atoms with Gasteiger partial charge in [0.05, 0.1) is 11.2 Å². The monoisotopic (exact) mass is 253 g/mol. The van der Waals surface area contributed by atoms with Gasteiger partial charge in [0.1, 0.15) is 0 Å². The molecule has 0 bridgehead atoms. The third-order valence-electron chi connectivity index (χ3n) is 3.30. The Kier molecular flexibility index (Phi) is 2.67. The van der Waals surface area contributed by atoms with Gasteiger partial charge in [-0.15, -0.1) is 0 Å². The number of nitrogens with zero attached hydrogens (tertiary/aromatic N) is 1. The van der Waals surface area contributed by atoms with Crippen molar-refractivity contribution < 1.29 is 4.39 Å². The maximum Gasteiger partial charge on any atom is 0.225 e. The molecule has 0 aliphatic rings. The highest BCUT2D eigenvalue weighted by molar-refractivity contribution is 5.82. The minimum Gasteiger partial charge on any atom is -0.341 e. The van der Waals surface area contributed by atoms with Crippen LogP contribution in [-0.2, 0) is 7.05 Å². The van der Waals surface area contributed by atoms with E-state index in [2.05, 4.69) is 0 Å². The molecule has 0 radical (unpaired) electrons. The summed E-state index contributed by atoms with van der Waals surface area (Å²) in [6.45, 7) is 0. The summed E-state index contributed by atoms with van der Waals surface area (Å²) < 4.78 is 16.1. The molecule has 1 heterocycles. The fraction of sp³-hybridized carbons (Fsp3) is 0.0625. The van der Waals surface area contributed by atoms with Crippen molar-refractivity contribution in [1.29, 1.82) is 0 Å². The Balaban J connectivity index is 2.48. The fourth-order valence-electron chi connectivity index (χ4n) is 2.37. The van der Waals surface area contributed by atoms with Gasteiger partial charge in [-0.1, -0.05) is 42.5 Å². The third-order valence-corrected chi connectivity index (χ3v) is 3.30. The summed E-state index contributed by atoms with van der Waals surface area (Å²) in [6, 6.07) is 16.2. The second kappa shape index (κ2) is 4.35. The van der Waals surface area contributed by atoms with Crippen LogP contribution < -0.4 is 5.43 Å². The van der Waals surface area contributed by atoms with Crippen molar-refractivity contribution in [2.75, 3.05) is 0 Å². The zero-order valence-electron chi connectivity index (χ0n) is 10.4. The molecule has 3 heteroatoms. The van der Waals surface area contributed by atoms with Crippen LogP contribution >= 0.6 is 0 Å². The van der Waals surface area contributed by atoms with Crippen LogP contribution in [0, 0.1) is 5.82 Å². The van der Waals surface area contributed by atoms with Crippen molar-refractivity contribution in [2.24, 2.45) is 7.05 Å². The highest BCUT2D eigenvalue weighted by Crippen LogP contribution is 2.23. The molecule has 0 spiro atoms. The van der Waals surface area contributed by atoms with E-state index in [1.165, 1.54) is 0 Å². The highest BCUT2D eigenvalue weighted by Gasteiger charge is 2.15. The molecule has 0 aliphatic heterocycles. The first-order valence-corrected chi connectivity index (χ1v) is 6.03. The number of hydrogen-bond acceptors (Lipinski definition) is 1. The van der Waals surface area contributed by atoms with Crippen LogP contribution in [0.1, 0.15) is 0 Å². The predicted octanol–water partition coefficient (Wildman–Crippen LogP) is 3.34. The van der Waals surface area contributed by atoms with E-state index in [-0.39, 0.29) is 0 Å². The summed E-state index contributed by atoms with van der Waals surface area (Å²) in [5.74, 6) is -0.701. The molecule has 0 saturated heterocycles. The van der Waals surface area contributed by atoms with E-state index in [0.29, 0.717) is 16.6 Å². The molecule has 2 nitrogen and oxygen atoms in total. The van der Waals surface area contributed by atoms with E-state index in [4.69, 9.17) is 0 Å². The van der Waals surface area contributed by atoms with Crippen LogP contribution in [0.2, 0.25) is 0 Å². The normalized spacial score (nSPS) is 10.8. The van der Waals surface area contributed by atoms with Crippen LogP contribution in [-0.4, -0.2) is 4.57 Å². The van der Waals surface area contributed by atoms with E-state index in [1.54, 1.807) is 35.9 Å². The number of halogens is 1. The first kappa shape index (κ1) is 11.7. The zero-order chi connectivity index (χ0) is 13.4. The Hall–Kier alpha value is -2.42. The molecule has 0 amide bonds. The number of aromatic nitrogens is 1. The second-order valence-electron chi connectivity index (χ2n) is 4.43. The lowest BCUT2D eigenvalue weighted by Crippen LogP contribution is -2.15. The average Bonchev–Trinajstić information content (AvgIpc) is 2.46. The molecule has 19 heavy (non-hydrogen) atoms. The number of rotatable bonds is 1. The number of aryl methyl sites for hydroxylation is 1. The lowest BCUT2D eigenvalue weighted by atomic mass is 10.1. The lowest BCUT2D eigenvalue weighted by molar-refractivity contribution is 0.610. The van der Waals surface area contributed by atoms with E-state index < -0.39 is 11.2 Å². The Morgan fingerprint density at radius 1 is 0.947 bits per heavy atom. The smallest absolute Gasteiger partial charge is 0.225 e. The second-order valence-corrected chi connectivity index (χ2v) is 4.43. The molecule has 0 fully saturated rings. The van der Waals surface area contributed by atoms with Crippen LogP contribution in [0.4, 0.5) is 4.39 Å². The number of hydrogen-bond donors (Lipinski definition) is 0. The van der Waals surface area contributed by atoms with Gasteiger partial charge in [-0.05, 0) is 12.1 Å². The molecular formula is C16H12FNO. The molecule has 1 aromatic heterocycles. The van der Waals surface area contributed by atoms with Crippen LogP contribution in [0.5, 0.6) is 0 Å². The summed E-state index contributed by atoms with van der Waals surface area (Å²) >= 11 is 0. The molecule has 0 N–H and O–H groups in total. The number of pyridine rings is 1. The largest absolute Gasteiger partial charge is 0.341 e. The molecular weight excluding hydrogens is 241 g/mol. The molecule has 3 rings (SSSR count). The Morgan fingerprint density at radius 3 is 2.32 bits per heavy atom. The minimum absolute atomic E-state index is 0.323. The highest BCUT2D eigenvalue weighted by atomic mass is 19.1. The van der Waals surface area contributed by atoms with Crippen molar-refractivity contribution in [2.45, 2.75) is 0 Å².